The molecule has 0 heterocycles. The molecule has 2 rings (SSSR count). The highest BCUT2D eigenvalue weighted by atomic mass is 79.9. The molecule has 2 heteroatoms. The predicted molar refractivity (Wildman–Crippen MR) is 81.5 cm³/mol. The lowest BCUT2D eigenvalue weighted by Gasteiger charge is -2.35. The van der Waals surface area contributed by atoms with Gasteiger partial charge in [-0.25, -0.2) is 0 Å². The highest BCUT2D eigenvalue weighted by molar-refractivity contribution is 9.10. The zero-order chi connectivity index (χ0) is 13.3. The minimum atomic E-state index is 0.196. The van der Waals surface area contributed by atoms with Crippen molar-refractivity contribution in [2.75, 3.05) is 0 Å². The maximum absolute atomic E-state index is 6.50. The van der Waals surface area contributed by atoms with E-state index in [0.717, 1.165) is 11.8 Å². The molecule has 1 fully saturated rings. The second kappa shape index (κ2) is 5.75. The van der Waals surface area contributed by atoms with Crippen LogP contribution in [0.2, 0.25) is 0 Å². The van der Waals surface area contributed by atoms with E-state index in [1.54, 1.807) is 0 Å². The summed E-state index contributed by atoms with van der Waals surface area (Å²) in [6.07, 6.45) is 3.92. The summed E-state index contributed by atoms with van der Waals surface area (Å²) >= 11 is 3.55. The third kappa shape index (κ3) is 3.16. The van der Waals surface area contributed by atoms with E-state index in [0.29, 0.717) is 5.92 Å². The van der Waals surface area contributed by atoms with E-state index in [4.69, 9.17) is 5.73 Å². The van der Waals surface area contributed by atoms with E-state index < -0.39 is 0 Å². The van der Waals surface area contributed by atoms with Crippen molar-refractivity contribution in [1.29, 1.82) is 0 Å². The van der Waals surface area contributed by atoms with E-state index >= 15 is 0 Å². The van der Waals surface area contributed by atoms with E-state index in [2.05, 4.69) is 54.9 Å². The summed E-state index contributed by atoms with van der Waals surface area (Å²) in [5.74, 6) is 2.28. The van der Waals surface area contributed by atoms with Gasteiger partial charge in [-0.15, -0.1) is 0 Å². The summed E-state index contributed by atoms with van der Waals surface area (Å²) < 4.78 is 1.17. The monoisotopic (exact) mass is 309 g/mol. The number of hydrogen-bond acceptors (Lipinski definition) is 1. The molecule has 100 valence electrons. The van der Waals surface area contributed by atoms with Crippen molar-refractivity contribution in [3.63, 3.8) is 0 Å². The SMILES string of the molecule is Cc1cc(C(N)C2CC(C)CC(C)C2)ccc1Br. The van der Waals surface area contributed by atoms with Crippen molar-refractivity contribution in [2.45, 2.75) is 46.1 Å². The van der Waals surface area contributed by atoms with Crippen LogP contribution in [-0.4, -0.2) is 0 Å². The molecule has 1 nitrogen and oxygen atoms in total. The van der Waals surface area contributed by atoms with Gasteiger partial charge in [0.25, 0.3) is 0 Å². The average molecular weight is 310 g/mol. The molecule has 0 aliphatic heterocycles. The molecular formula is C16H24BrN. The average Bonchev–Trinajstić information content (AvgIpc) is 2.30. The first-order valence-corrected chi connectivity index (χ1v) is 7.78. The van der Waals surface area contributed by atoms with Gasteiger partial charge in [0.15, 0.2) is 0 Å². The number of benzene rings is 1. The molecule has 1 aromatic rings. The highest BCUT2D eigenvalue weighted by Gasteiger charge is 2.28. The van der Waals surface area contributed by atoms with Gasteiger partial charge < -0.3 is 5.73 Å². The van der Waals surface area contributed by atoms with Crippen LogP contribution in [0.25, 0.3) is 0 Å². The van der Waals surface area contributed by atoms with Crippen LogP contribution >= 0.6 is 15.9 Å². The van der Waals surface area contributed by atoms with Gasteiger partial charge in [0, 0.05) is 10.5 Å². The lowest BCUT2D eigenvalue weighted by Crippen LogP contribution is -2.29. The largest absolute Gasteiger partial charge is 0.324 e. The van der Waals surface area contributed by atoms with Gasteiger partial charge in [-0.05, 0) is 61.1 Å². The number of nitrogens with two attached hydrogens (primary N) is 1. The highest BCUT2D eigenvalue weighted by Crippen LogP contribution is 2.39. The number of hydrogen-bond donors (Lipinski definition) is 1. The van der Waals surface area contributed by atoms with Crippen molar-refractivity contribution in [3.05, 3.63) is 33.8 Å². The first-order valence-electron chi connectivity index (χ1n) is 6.99. The maximum Gasteiger partial charge on any atom is 0.0323 e. The van der Waals surface area contributed by atoms with Crippen molar-refractivity contribution in [3.8, 4) is 0 Å². The number of aryl methyl sites for hydroxylation is 1. The predicted octanol–water partition coefficient (Wildman–Crippen LogP) is 4.83. The van der Waals surface area contributed by atoms with Gasteiger partial charge in [0.1, 0.15) is 0 Å². The Morgan fingerprint density at radius 2 is 1.78 bits per heavy atom. The Bertz CT molecular complexity index is 406. The molecule has 2 N–H and O–H groups in total. The molecule has 1 aromatic carbocycles. The maximum atomic E-state index is 6.50. The van der Waals surface area contributed by atoms with Crippen molar-refractivity contribution in [2.24, 2.45) is 23.5 Å². The Labute approximate surface area is 119 Å². The van der Waals surface area contributed by atoms with E-state index in [1.807, 2.05) is 0 Å². The van der Waals surface area contributed by atoms with Crippen LogP contribution in [0.1, 0.15) is 50.3 Å². The van der Waals surface area contributed by atoms with Crippen molar-refractivity contribution < 1.29 is 0 Å². The molecule has 1 saturated carbocycles. The van der Waals surface area contributed by atoms with Crippen LogP contribution in [-0.2, 0) is 0 Å². The summed E-state index contributed by atoms with van der Waals surface area (Å²) in [5, 5.41) is 0. The topological polar surface area (TPSA) is 26.0 Å². The molecule has 3 unspecified atom stereocenters. The summed E-state index contributed by atoms with van der Waals surface area (Å²) in [6.45, 7) is 6.86. The fraction of sp³-hybridized carbons (Fsp3) is 0.625. The molecule has 1 aliphatic rings. The summed E-state index contributed by atoms with van der Waals surface area (Å²) in [7, 11) is 0. The molecule has 3 atom stereocenters. The van der Waals surface area contributed by atoms with Crippen molar-refractivity contribution in [1.82, 2.24) is 0 Å². The van der Waals surface area contributed by atoms with Gasteiger partial charge in [0.05, 0.1) is 0 Å². The fourth-order valence-electron chi connectivity index (χ4n) is 3.45. The molecule has 1 aliphatic carbocycles. The molecular weight excluding hydrogens is 286 g/mol. The fourth-order valence-corrected chi connectivity index (χ4v) is 3.70. The lowest BCUT2D eigenvalue weighted by molar-refractivity contribution is 0.193. The van der Waals surface area contributed by atoms with Gasteiger partial charge in [-0.3, -0.25) is 0 Å². The molecule has 0 amide bonds. The van der Waals surface area contributed by atoms with Crippen LogP contribution in [0.4, 0.5) is 0 Å². The van der Waals surface area contributed by atoms with Crippen LogP contribution in [0.3, 0.4) is 0 Å². The lowest BCUT2D eigenvalue weighted by atomic mass is 9.72. The van der Waals surface area contributed by atoms with Crippen LogP contribution in [0, 0.1) is 24.7 Å². The second-order valence-corrected chi connectivity index (χ2v) is 7.07. The van der Waals surface area contributed by atoms with Crippen molar-refractivity contribution >= 4 is 15.9 Å². The van der Waals surface area contributed by atoms with Gasteiger partial charge >= 0.3 is 0 Å². The zero-order valence-corrected chi connectivity index (χ0v) is 13.2. The minimum Gasteiger partial charge on any atom is -0.324 e. The van der Waals surface area contributed by atoms with Gasteiger partial charge in [-0.1, -0.05) is 41.9 Å². The Kier molecular flexibility index (Phi) is 4.50. The number of halogens is 1. The number of rotatable bonds is 2. The Hall–Kier alpha value is -0.340. The van der Waals surface area contributed by atoms with Gasteiger partial charge in [-0.2, -0.15) is 0 Å². The minimum absolute atomic E-state index is 0.196. The van der Waals surface area contributed by atoms with Gasteiger partial charge in [0.2, 0.25) is 0 Å². The first-order chi connectivity index (χ1) is 8.47. The normalized spacial score (nSPS) is 30.2. The molecule has 18 heavy (non-hydrogen) atoms. The van der Waals surface area contributed by atoms with Crippen LogP contribution in [0.15, 0.2) is 22.7 Å². The van der Waals surface area contributed by atoms with Crippen LogP contribution in [0.5, 0.6) is 0 Å². The molecule has 0 radical (unpaired) electrons. The molecule has 0 saturated heterocycles. The summed E-state index contributed by atoms with van der Waals surface area (Å²) in [5.41, 5.74) is 9.07. The first kappa shape index (κ1) is 14.1. The standard InChI is InChI=1S/C16H24BrN/c1-10-6-11(2)8-14(7-10)16(18)13-4-5-15(17)12(3)9-13/h4-5,9-11,14,16H,6-8,18H2,1-3H3. The molecule has 0 spiro atoms. The molecule has 0 aromatic heterocycles. The Morgan fingerprint density at radius 1 is 1.17 bits per heavy atom. The molecule has 0 bridgehead atoms. The zero-order valence-electron chi connectivity index (χ0n) is 11.6. The second-order valence-electron chi connectivity index (χ2n) is 6.21. The Morgan fingerprint density at radius 3 is 2.33 bits per heavy atom. The third-order valence-electron chi connectivity index (χ3n) is 4.29. The summed E-state index contributed by atoms with van der Waals surface area (Å²) in [6, 6.07) is 6.73. The quantitative estimate of drug-likeness (QED) is 0.832. The third-order valence-corrected chi connectivity index (χ3v) is 5.18. The van der Waals surface area contributed by atoms with E-state index in [-0.39, 0.29) is 6.04 Å². The van der Waals surface area contributed by atoms with E-state index in [1.165, 1.54) is 34.9 Å². The smallest absolute Gasteiger partial charge is 0.0323 e. The summed E-state index contributed by atoms with van der Waals surface area (Å²) in [4.78, 5) is 0. The Balaban J connectivity index is 2.14. The van der Waals surface area contributed by atoms with Crippen LogP contribution < -0.4 is 5.73 Å². The van der Waals surface area contributed by atoms with E-state index in [9.17, 15) is 0 Å².